The molecule has 2 aliphatic rings. The Morgan fingerprint density at radius 1 is 1.05 bits per heavy atom. The number of halogens is 1. The Morgan fingerprint density at radius 3 is 2.55 bits per heavy atom. The molecule has 0 amide bonds. The molecule has 2 saturated heterocycles. The molecule has 0 unspecified atom stereocenters. The van der Waals surface area contributed by atoms with Gasteiger partial charge in [-0.05, 0) is 53.9 Å². The molecule has 0 aromatic heterocycles. The van der Waals surface area contributed by atoms with Crippen LogP contribution in [0, 0.1) is 0 Å². The van der Waals surface area contributed by atoms with E-state index in [4.69, 9.17) is 30.6 Å². The van der Waals surface area contributed by atoms with E-state index in [0.29, 0.717) is 28.5 Å². The maximum Gasteiger partial charge on any atom is 0.225 e. The number of rotatable bonds is 8. The number of aliphatic hydroxyl groups is 4. The summed E-state index contributed by atoms with van der Waals surface area (Å²) >= 11 is 6.50. The van der Waals surface area contributed by atoms with Crippen LogP contribution in [0.3, 0.4) is 0 Å². The van der Waals surface area contributed by atoms with E-state index in [0.717, 1.165) is 16.7 Å². The summed E-state index contributed by atoms with van der Waals surface area (Å²) in [5, 5.41) is 45.8. The molecule has 0 radical (unpaired) electrons. The highest BCUT2D eigenvalue weighted by Crippen LogP contribution is 2.49. The van der Waals surface area contributed by atoms with Crippen LogP contribution >= 0.6 is 11.6 Å². The van der Waals surface area contributed by atoms with Gasteiger partial charge in [0.15, 0.2) is 0 Å². The molecular weight excluding hydrogens is 514 g/mol. The molecule has 38 heavy (non-hydrogen) atoms. The molecule has 2 fully saturated rings. The first-order chi connectivity index (χ1) is 18.3. The van der Waals surface area contributed by atoms with E-state index in [2.05, 4.69) is 5.16 Å². The zero-order valence-electron chi connectivity index (χ0n) is 20.5. The molecular formula is C28H28ClNO8. The summed E-state index contributed by atoms with van der Waals surface area (Å²) in [6.07, 6.45) is -2.64. The van der Waals surface area contributed by atoms with Crippen molar-refractivity contribution in [2.24, 2.45) is 5.16 Å². The van der Waals surface area contributed by atoms with Crippen molar-refractivity contribution in [1.82, 2.24) is 0 Å². The highest BCUT2D eigenvalue weighted by molar-refractivity contribution is 6.31. The summed E-state index contributed by atoms with van der Waals surface area (Å²) in [7, 11) is 1.47. The van der Waals surface area contributed by atoms with Gasteiger partial charge in [0.25, 0.3) is 0 Å². The minimum Gasteiger partial charge on any atom is -0.457 e. The van der Waals surface area contributed by atoms with E-state index >= 15 is 0 Å². The molecule has 9 nitrogen and oxygen atoms in total. The average Bonchev–Trinajstić information content (AvgIpc) is 3.33. The predicted molar refractivity (Wildman–Crippen MR) is 138 cm³/mol. The van der Waals surface area contributed by atoms with Gasteiger partial charge in [-0.2, -0.15) is 0 Å². The average molecular weight is 542 g/mol. The van der Waals surface area contributed by atoms with Gasteiger partial charge in [0.05, 0.1) is 19.4 Å². The Bertz CT molecular complexity index is 1320. The normalized spacial score (nSPS) is 28.5. The number of hydrogen-bond acceptors (Lipinski definition) is 9. The second-order valence-corrected chi connectivity index (χ2v) is 9.75. The maximum atomic E-state index is 10.8. The number of hydrogen-bond donors (Lipinski definition) is 4. The van der Waals surface area contributed by atoms with Gasteiger partial charge in [0.2, 0.25) is 5.79 Å². The molecule has 0 spiro atoms. The van der Waals surface area contributed by atoms with Crippen molar-refractivity contribution in [3.63, 3.8) is 0 Å². The zero-order chi connectivity index (χ0) is 26.9. The predicted octanol–water partition coefficient (Wildman–Crippen LogP) is 2.73. The lowest BCUT2D eigenvalue weighted by molar-refractivity contribution is -0.329. The summed E-state index contributed by atoms with van der Waals surface area (Å²) < 4.78 is 17.8. The summed E-state index contributed by atoms with van der Waals surface area (Å²) in [6, 6.07) is 20.0. The van der Waals surface area contributed by atoms with Crippen molar-refractivity contribution in [3.05, 3.63) is 94.0 Å². The maximum absolute atomic E-state index is 10.8. The van der Waals surface area contributed by atoms with Crippen LogP contribution in [0.25, 0.3) is 0 Å². The molecule has 2 aliphatic heterocycles. The van der Waals surface area contributed by atoms with E-state index in [1.807, 2.05) is 48.5 Å². The van der Waals surface area contributed by atoms with Crippen LogP contribution < -0.4 is 4.74 Å². The summed E-state index contributed by atoms with van der Waals surface area (Å²) in [5.41, 5.74) is 1.32. The smallest absolute Gasteiger partial charge is 0.225 e. The molecule has 2 bridgehead atoms. The fraction of sp³-hybridized carbons (Fsp3) is 0.321. The summed E-state index contributed by atoms with van der Waals surface area (Å²) in [5.74, 6) is -0.487. The van der Waals surface area contributed by atoms with Gasteiger partial charge in [-0.15, -0.1) is 0 Å². The number of aliphatic hydroxyl groups excluding tert-OH is 4. The molecule has 10 heteroatoms. The second kappa shape index (κ2) is 10.6. The van der Waals surface area contributed by atoms with Crippen molar-refractivity contribution in [1.29, 1.82) is 0 Å². The SMILES string of the molecule is CON=Cc1ccccc1Oc1ccc(Cc2cc([C@]34OC[C@](CO)(O3)[C@@H](O)[C@H](O)[C@H]4O)ccc2Cl)cc1. The number of benzene rings is 3. The summed E-state index contributed by atoms with van der Waals surface area (Å²) in [6.45, 7) is -0.781. The molecule has 4 N–H and O–H groups in total. The molecule has 2 heterocycles. The molecule has 3 aromatic carbocycles. The first-order valence-corrected chi connectivity index (χ1v) is 12.4. The Kier molecular flexibility index (Phi) is 7.43. The fourth-order valence-corrected chi connectivity index (χ4v) is 5.00. The monoisotopic (exact) mass is 541 g/mol. The lowest BCUT2D eigenvalue weighted by Gasteiger charge is -2.46. The van der Waals surface area contributed by atoms with Gasteiger partial charge >= 0.3 is 0 Å². The van der Waals surface area contributed by atoms with E-state index in [1.165, 1.54) is 7.11 Å². The van der Waals surface area contributed by atoms with Crippen molar-refractivity contribution < 1.29 is 39.5 Å². The first-order valence-electron chi connectivity index (χ1n) is 12.0. The third kappa shape index (κ3) is 4.67. The van der Waals surface area contributed by atoms with E-state index < -0.39 is 36.3 Å². The lowest BCUT2D eigenvalue weighted by atomic mass is 9.83. The van der Waals surface area contributed by atoms with Crippen LogP contribution in [0.5, 0.6) is 11.5 Å². The highest BCUT2D eigenvalue weighted by atomic mass is 35.5. The zero-order valence-corrected chi connectivity index (χ0v) is 21.3. The van der Waals surface area contributed by atoms with Crippen LogP contribution in [0.4, 0.5) is 0 Å². The lowest BCUT2D eigenvalue weighted by Crippen LogP contribution is -2.65. The van der Waals surface area contributed by atoms with Crippen LogP contribution in [0.15, 0.2) is 71.9 Å². The number of para-hydroxylation sites is 1. The first kappa shape index (κ1) is 26.6. The fourth-order valence-electron chi connectivity index (χ4n) is 4.81. The number of fused-ring (bicyclic) bond motifs is 2. The molecule has 200 valence electrons. The van der Waals surface area contributed by atoms with Crippen LogP contribution in [-0.4, -0.2) is 70.9 Å². The van der Waals surface area contributed by atoms with Gasteiger partial charge < -0.3 is 39.5 Å². The van der Waals surface area contributed by atoms with Gasteiger partial charge in [-0.25, -0.2) is 0 Å². The van der Waals surface area contributed by atoms with Crippen molar-refractivity contribution in [3.8, 4) is 11.5 Å². The number of ether oxygens (including phenoxy) is 3. The highest BCUT2D eigenvalue weighted by Gasteiger charge is 2.67. The largest absolute Gasteiger partial charge is 0.457 e. The van der Waals surface area contributed by atoms with E-state index in [-0.39, 0.29) is 6.61 Å². The van der Waals surface area contributed by atoms with Gasteiger partial charge in [-0.3, -0.25) is 0 Å². The van der Waals surface area contributed by atoms with Gasteiger partial charge in [-0.1, -0.05) is 47.1 Å². The van der Waals surface area contributed by atoms with Crippen molar-refractivity contribution >= 4 is 17.8 Å². The molecule has 5 rings (SSSR count). The van der Waals surface area contributed by atoms with E-state index in [1.54, 1.807) is 24.4 Å². The summed E-state index contributed by atoms with van der Waals surface area (Å²) in [4.78, 5) is 4.76. The molecule has 0 aliphatic carbocycles. The molecule has 0 saturated carbocycles. The van der Waals surface area contributed by atoms with Gasteiger partial charge in [0, 0.05) is 16.1 Å². The Labute approximate surface area is 224 Å². The number of nitrogens with zero attached hydrogens (tertiary/aromatic N) is 1. The third-order valence-electron chi connectivity index (χ3n) is 6.94. The molecule has 5 atom stereocenters. The van der Waals surface area contributed by atoms with E-state index in [9.17, 15) is 20.4 Å². The van der Waals surface area contributed by atoms with Crippen LogP contribution in [0.2, 0.25) is 5.02 Å². The minimum atomic E-state index is -1.75. The van der Waals surface area contributed by atoms with Gasteiger partial charge in [0.1, 0.15) is 42.5 Å². The third-order valence-corrected chi connectivity index (χ3v) is 7.31. The minimum absolute atomic E-state index is 0.196. The topological polar surface area (TPSA) is 130 Å². The van der Waals surface area contributed by atoms with Crippen LogP contribution in [-0.2, 0) is 26.5 Å². The molecule has 3 aromatic rings. The standard InChI is InChI=1S/C28H28ClNO8/c1-35-30-14-18-4-2-3-5-23(18)37-21-9-6-17(7-10-21)12-19-13-20(8-11-22(19)29)28-26(34)24(32)25(33)27(15-31,38-28)16-36-28/h2-11,13-14,24-26,31-34H,12,15-16H2,1H3/t24-,25-,26+,27-,28-/m0/s1. The quantitative estimate of drug-likeness (QED) is 0.253. The Balaban J connectivity index is 1.37. The van der Waals surface area contributed by atoms with Crippen LogP contribution in [0.1, 0.15) is 22.3 Å². The van der Waals surface area contributed by atoms with Crippen molar-refractivity contribution in [2.75, 3.05) is 20.3 Å². The van der Waals surface area contributed by atoms with Crippen molar-refractivity contribution in [2.45, 2.75) is 36.1 Å². The Hall–Kier alpha value is -3.02. The number of oxime groups is 1. The second-order valence-electron chi connectivity index (χ2n) is 9.35. The Morgan fingerprint density at radius 2 is 1.82 bits per heavy atom.